The molecule has 0 unspecified atom stereocenters. The summed E-state index contributed by atoms with van der Waals surface area (Å²) in [5.41, 5.74) is 0.471. The molecular formula is C19H17N3O3. The Bertz CT molecular complexity index is 842. The molecular weight excluding hydrogens is 318 g/mol. The Balaban J connectivity index is 1.83. The second kappa shape index (κ2) is 6.38. The first-order chi connectivity index (χ1) is 12.0. The van der Waals surface area contributed by atoms with Crippen molar-refractivity contribution in [1.82, 2.24) is 10.2 Å². The molecule has 1 aliphatic rings. The van der Waals surface area contributed by atoms with Crippen LogP contribution < -0.4 is 5.32 Å². The van der Waals surface area contributed by atoms with Crippen molar-refractivity contribution in [2.24, 2.45) is 0 Å². The molecule has 126 valence electrons. The van der Waals surface area contributed by atoms with Crippen molar-refractivity contribution in [3.63, 3.8) is 0 Å². The fraction of sp³-hybridized carbons (Fsp3) is 0.211. The standard InChI is InChI=1S/C19H17N3O3/c1-19(15-9-7-13(11-20)8-10-15)17(24)22(18(25)21-19)12-16(23)14-5-3-2-4-6-14/h2-10,16,23H,12H2,1H3,(H,21,25)/t16-,19+/m1/s1. The van der Waals surface area contributed by atoms with E-state index in [0.29, 0.717) is 16.7 Å². The van der Waals surface area contributed by atoms with Crippen LogP contribution in [0.1, 0.15) is 29.7 Å². The van der Waals surface area contributed by atoms with Gasteiger partial charge in [0, 0.05) is 0 Å². The van der Waals surface area contributed by atoms with E-state index in [4.69, 9.17) is 5.26 Å². The lowest BCUT2D eigenvalue weighted by Crippen LogP contribution is -2.41. The van der Waals surface area contributed by atoms with Crippen molar-refractivity contribution < 1.29 is 14.7 Å². The smallest absolute Gasteiger partial charge is 0.325 e. The van der Waals surface area contributed by atoms with E-state index >= 15 is 0 Å². The Morgan fingerprint density at radius 3 is 2.40 bits per heavy atom. The summed E-state index contributed by atoms with van der Waals surface area (Å²) < 4.78 is 0. The van der Waals surface area contributed by atoms with Crippen LogP contribution in [0.5, 0.6) is 0 Å². The van der Waals surface area contributed by atoms with Crippen LogP contribution in [0.4, 0.5) is 4.79 Å². The fourth-order valence-electron chi connectivity index (χ4n) is 2.89. The molecule has 2 aromatic rings. The molecule has 0 bridgehead atoms. The number of amides is 3. The van der Waals surface area contributed by atoms with Crippen molar-refractivity contribution in [1.29, 1.82) is 5.26 Å². The molecule has 25 heavy (non-hydrogen) atoms. The first-order valence-corrected chi connectivity index (χ1v) is 7.83. The Morgan fingerprint density at radius 1 is 1.16 bits per heavy atom. The van der Waals surface area contributed by atoms with Crippen LogP contribution in [0.2, 0.25) is 0 Å². The summed E-state index contributed by atoms with van der Waals surface area (Å²) in [6, 6.07) is 16.8. The van der Waals surface area contributed by atoms with E-state index in [2.05, 4.69) is 5.32 Å². The zero-order valence-electron chi connectivity index (χ0n) is 13.6. The van der Waals surface area contributed by atoms with E-state index < -0.39 is 23.6 Å². The number of urea groups is 1. The summed E-state index contributed by atoms with van der Waals surface area (Å²) in [7, 11) is 0. The highest BCUT2D eigenvalue weighted by Gasteiger charge is 2.49. The predicted molar refractivity (Wildman–Crippen MR) is 90.2 cm³/mol. The third kappa shape index (κ3) is 2.97. The maximum atomic E-state index is 12.8. The number of imide groups is 1. The van der Waals surface area contributed by atoms with Crippen molar-refractivity contribution in [2.75, 3.05) is 6.54 Å². The van der Waals surface area contributed by atoms with E-state index in [1.165, 1.54) is 0 Å². The number of rotatable bonds is 4. The predicted octanol–water partition coefficient (Wildman–Crippen LogP) is 2.06. The average Bonchev–Trinajstić information content (AvgIpc) is 2.86. The number of carbonyl (C=O) groups is 2. The number of nitrogens with zero attached hydrogens (tertiary/aromatic N) is 2. The third-order valence-corrected chi connectivity index (χ3v) is 4.41. The highest BCUT2D eigenvalue weighted by molar-refractivity contribution is 6.07. The van der Waals surface area contributed by atoms with Crippen molar-refractivity contribution >= 4 is 11.9 Å². The lowest BCUT2D eigenvalue weighted by molar-refractivity contribution is -0.132. The molecule has 0 saturated carbocycles. The molecule has 2 N–H and O–H groups in total. The second-order valence-electron chi connectivity index (χ2n) is 6.09. The van der Waals surface area contributed by atoms with Crippen LogP contribution >= 0.6 is 0 Å². The molecule has 3 amide bonds. The first kappa shape index (κ1) is 16.7. The lowest BCUT2D eigenvalue weighted by Gasteiger charge is -2.23. The number of nitriles is 1. The average molecular weight is 335 g/mol. The summed E-state index contributed by atoms with van der Waals surface area (Å²) in [6.07, 6.45) is -0.959. The van der Waals surface area contributed by atoms with Crippen LogP contribution in [0.25, 0.3) is 0 Å². The first-order valence-electron chi connectivity index (χ1n) is 7.83. The molecule has 3 rings (SSSR count). The molecule has 0 spiro atoms. The Morgan fingerprint density at radius 2 is 1.80 bits per heavy atom. The summed E-state index contributed by atoms with van der Waals surface area (Å²) >= 11 is 0. The molecule has 2 atom stereocenters. The molecule has 1 saturated heterocycles. The Hall–Kier alpha value is -3.17. The minimum atomic E-state index is -1.22. The molecule has 0 aromatic heterocycles. The van der Waals surface area contributed by atoms with Gasteiger partial charge in [-0.3, -0.25) is 9.69 Å². The van der Waals surface area contributed by atoms with Gasteiger partial charge in [-0.1, -0.05) is 42.5 Å². The Labute approximate surface area is 145 Å². The van der Waals surface area contributed by atoms with Crippen LogP contribution in [-0.2, 0) is 10.3 Å². The molecule has 6 nitrogen and oxygen atoms in total. The fourth-order valence-corrected chi connectivity index (χ4v) is 2.89. The molecule has 1 aliphatic heterocycles. The van der Waals surface area contributed by atoms with Crippen LogP contribution in [0.15, 0.2) is 54.6 Å². The highest BCUT2D eigenvalue weighted by Crippen LogP contribution is 2.30. The summed E-state index contributed by atoms with van der Waals surface area (Å²) in [5.74, 6) is -0.433. The van der Waals surface area contributed by atoms with E-state index in [-0.39, 0.29) is 6.54 Å². The zero-order valence-corrected chi connectivity index (χ0v) is 13.6. The van der Waals surface area contributed by atoms with Crippen molar-refractivity contribution in [2.45, 2.75) is 18.6 Å². The van der Waals surface area contributed by atoms with Crippen molar-refractivity contribution in [3.05, 3.63) is 71.3 Å². The molecule has 6 heteroatoms. The van der Waals surface area contributed by atoms with E-state index in [1.807, 2.05) is 12.1 Å². The van der Waals surface area contributed by atoms with Gasteiger partial charge in [-0.25, -0.2) is 4.79 Å². The van der Waals surface area contributed by atoms with Gasteiger partial charge in [-0.05, 0) is 30.2 Å². The minimum absolute atomic E-state index is 0.124. The molecule has 1 heterocycles. The van der Waals surface area contributed by atoms with Crippen LogP contribution in [0.3, 0.4) is 0 Å². The molecule has 0 aliphatic carbocycles. The molecule has 2 aromatic carbocycles. The largest absolute Gasteiger partial charge is 0.387 e. The Kier molecular flexibility index (Phi) is 4.26. The van der Waals surface area contributed by atoms with Crippen LogP contribution in [-0.4, -0.2) is 28.5 Å². The van der Waals surface area contributed by atoms with Crippen molar-refractivity contribution in [3.8, 4) is 6.07 Å². The van der Waals surface area contributed by atoms with Gasteiger partial charge in [-0.15, -0.1) is 0 Å². The van der Waals surface area contributed by atoms with E-state index in [0.717, 1.165) is 4.90 Å². The highest BCUT2D eigenvalue weighted by atomic mass is 16.3. The maximum absolute atomic E-state index is 12.8. The van der Waals surface area contributed by atoms with Gasteiger partial charge in [0.25, 0.3) is 5.91 Å². The number of carbonyl (C=O) groups excluding carboxylic acids is 2. The number of β-amino-alcohol motifs (C(OH)–C–C–N with tert-alkyl or cyclic N) is 1. The third-order valence-electron chi connectivity index (χ3n) is 4.41. The van der Waals surface area contributed by atoms with Gasteiger partial charge in [0.05, 0.1) is 24.3 Å². The second-order valence-corrected chi connectivity index (χ2v) is 6.09. The molecule has 0 radical (unpaired) electrons. The molecule has 1 fully saturated rings. The number of hydrogen-bond donors (Lipinski definition) is 2. The van der Waals surface area contributed by atoms with Crippen LogP contribution in [0, 0.1) is 11.3 Å². The quantitative estimate of drug-likeness (QED) is 0.836. The summed E-state index contributed by atoms with van der Waals surface area (Å²) in [6.45, 7) is 1.49. The zero-order chi connectivity index (χ0) is 18.0. The topological polar surface area (TPSA) is 93.4 Å². The van der Waals surface area contributed by atoms with Gasteiger partial charge in [-0.2, -0.15) is 5.26 Å². The van der Waals surface area contributed by atoms with Gasteiger partial charge in [0.15, 0.2) is 0 Å². The number of hydrogen-bond acceptors (Lipinski definition) is 4. The number of aliphatic hydroxyl groups excluding tert-OH is 1. The summed E-state index contributed by atoms with van der Waals surface area (Å²) in [4.78, 5) is 26.1. The monoisotopic (exact) mass is 335 g/mol. The number of nitrogens with one attached hydrogen (secondary N) is 1. The van der Waals surface area contributed by atoms with Gasteiger partial charge < -0.3 is 10.4 Å². The lowest BCUT2D eigenvalue weighted by atomic mass is 9.91. The maximum Gasteiger partial charge on any atom is 0.325 e. The van der Waals surface area contributed by atoms with E-state index in [1.54, 1.807) is 55.5 Å². The SMILES string of the molecule is C[C@@]1(c2ccc(C#N)cc2)NC(=O)N(C[C@@H](O)c2ccccc2)C1=O. The van der Waals surface area contributed by atoms with Gasteiger partial charge >= 0.3 is 6.03 Å². The van der Waals surface area contributed by atoms with E-state index in [9.17, 15) is 14.7 Å². The van der Waals surface area contributed by atoms with Gasteiger partial charge in [0.1, 0.15) is 5.54 Å². The summed E-state index contributed by atoms with van der Waals surface area (Å²) in [5, 5.41) is 21.9. The van der Waals surface area contributed by atoms with Gasteiger partial charge in [0.2, 0.25) is 0 Å². The number of benzene rings is 2. The normalized spacial score (nSPS) is 20.9. The minimum Gasteiger partial charge on any atom is -0.387 e. The number of aliphatic hydroxyl groups is 1.